The van der Waals surface area contributed by atoms with Gasteiger partial charge in [-0.2, -0.15) is 0 Å². The van der Waals surface area contributed by atoms with Gasteiger partial charge in [0.2, 0.25) is 0 Å². The zero-order valence-electron chi connectivity index (χ0n) is 12.3. The second-order valence-electron chi connectivity index (χ2n) is 6.00. The third-order valence-corrected chi connectivity index (χ3v) is 3.37. The fourth-order valence-corrected chi connectivity index (χ4v) is 2.61. The number of hydrogen-bond donors (Lipinski definition) is 1. The first-order valence-electron chi connectivity index (χ1n) is 6.87. The molecule has 0 amide bonds. The predicted octanol–water partition coefficient (Wildman–Crippen LogP) is 2.27. The molecule has 2 unspecified atom stereocenters. The fraction of sp³-hybridized carbons (Fsp3) is 0.929. The van der Waals surface area contributed by atoms with Gasteiger partial charge in [-0.25, -0.2) is 0 Å². The first-order chi connectivity index (χ1) is 8.33. The molecule has 0 bridgehead atoms. The van der Waals surface area contributed by atoms with Gasteiger partial charge < -0.3 is 14.8 Å². The molecule has 1 aliphatic rings. The van der Waals surface area contributed by atoms with Crippen LogP contribution in [0.2, 0.25) is 0 Å². The summed E-state index contributed by atoms with van der Waals surface area (Å²) in [7, 11) is 1.83. The van der Waals surface area contributed by atoms with Gasteiger partial charge in [-0.3, -0.25) is 4.79 Å². The molecule has 0 aromatic rings. The first kappa shape index (κ1) is 15.4. The van der Waals surface area contributed by atoms with Gasteiger partial charge in [-0.05, 0) is 54.0 Å². The fourth-order valence-electron chi connectivity index (χ4n) is 2.61. The first-order valence-corrected chi connectivity index (χ1v) is 6.87. The zero-order valence-corrected chi connectivity index (χ0v) is 12.3. The van der Waals surface area contributed by atoms with Gasteiger partial charge >= 0.3 is 5.97 Å². The second-order valence-corrected chi connectivity index (χ2v) is 6.00. The van der Waals surface area contributed by atoms with Crippen molar-refractivity contribution in [2.75, 3.05) is 13.7 Å². The summed E-state index contributed by atoms with van der Waals surface area (Å²) in [5, 5.41) is 3.16. The highest BCUT2D eigenvalue weighted by molar-refractivity contribution is 5.81. The number of nitrogens with one attached hydrogen (secondary N) is 1. The molecular formula is C14H27NO3. The van der Waals surface area contributed by atoms with Crippen LogP contribution in [-0.2, 0) is 14.3 Å². The minimum Gasteiger partial charge on any atom is -0.465 e. The van der Waals surface area contributed by atoms with Crippen LogP contribution in [-0.4, -0.2) is 36.9 Å². The summed E-state index contributed by atoms with van der Waals surface area (Å²) in [5.74, 6) is -0.144. The zero-order chi connectivity index (χ0) is 13.8. The van der Waals surface area contributed by atoms with Crippen LogP contribution in [0.3, 0.4) is 0 Å². The summed E-state index contributed by atoms with van der Waals surface area (Å²) < 4.78 is 11.2. The molecule has 1 rings (SSSR count). The van der Waals surface area contributed by atoms with Crippen LogP contribution in [0.4, 0.5) is 0 Å². The van der Waals surface area contributed by atoms with Crippen LogP contribution in [0.5, 0.6) is 0 Å². The van der Waals surface area contributed by atoms with E-state index in [1.54, 1.807) is 0 Å². The van der Waals surface area contributed by atoms with Crippen molar-refractivity contribution < 1.29 is 14.3 Å². The number of carbonyl (C=O) groups excluding carboxylic acids is 1. The summed E-state index contributed by atoms with van der Waals surface area (Å²) in [6.45, 7) is 8.41. The Balaban J connectivity index is 2.72. The smallest absolute Gasteiger partial charge is 0.326 e. The number of likely N-dealkylation sites (N-methyl/N-ethyl adjacent to an activating group) is 1. The predicted molar refractivity (Wildman–Crippen MR) is 71.5 cm³/mol. The van der Waals surface area contributed by atoms with Gasteiger partial charge in [0.25, 0.3) is 0 Å². The standard InChI is InChI=1S/C14H27NO3/c1-6-17-12(16)14(15-5)9-7-8-11(10-14)18-13(2,3)4/h11,15H,6-10H2,1-5H3. The number of ether oxygens (including phenoxy) is 2. The highest BCUT2D eigenvalue weighted by atomic mass is 16.5. The molecule has 106 valence electrons. The van der Waals surface area contributed by atoms with E-state index in [-0.39, 0.29) is 17.7 Å². The molecule has 1 N–H and O–H groups in total. The normalized spacial score (nSPS) is 29.1. The van der Waals surface area contributed by atoms with Gasteiger partial charge in [0, 0.05) is 6.42 Å². The third-order valence-electron chi connectivity index (χ3n) is 3.37. The minimum absolute atomic E-state index is 0.121. The Kier molecular flexibility index (Phi) is 5.17. The van der Waals surface area contributed by atoms with Gasteiger partial charge in [0.05, 0.1) is 18.3 Å². The Morgan fingerprint density at radius 1 is 1.44 bits per heavy atom. The number of carbonyl (C=O) groups is 1. The van der Waals surface area contributed by atoms with Gasteiger partial charge in [-0.1, -0.05) is 0 Å². The molecule has 0 aromatic carbocycles. The Hall–Kier alpha value is -0.610. The minimum atomic E-state index is -0.565. The van der Waals surface area contributed by atoms with Crippen molar-refractivity contribution in [2.24, 2.45) is 0 Å². The van der Waals surface area contributed by atoms with Crippen molar-refractivity contribution in [3.05, 3.63) is 0 Å². The monoisotopic (exact) mass is 257 g/mol. The van der Waals surface area contributed by atoms with Crippen LogP contribution in [0.25, 0.3) is 0 Å². The highest BCUT2D eigenvalue weighted by Gasteiger charge is 2.43. The quantitative estimate of drug-likeness (QED) is 0.785. The van der Waals surface area contributed by atoms with Crippen molar-refractivity contribution in [2.45, 2.75) is 70.6 Å². The van der Waals surface area contributed by atoms with Crippen LogP contribution in [0, 0.1) is 0 Å². The van der Waals surface area contributed by atoms with Crippen molar-refractivity contribution in [1.29, 1.82) is 0 Å². The second kappa shape index (κ2) is 6.02. The van der Waals surface area contributed by atoms with Crippen molar-refractivity contribution in [1.82, 2.24) is 5.32 Å². The molecule has 0 aliphatic heterocycles. The van der Waals surface area contributed by atoms with Gasteiger partial charge in [-0.15, -0.1) is 0 Å². The molecule has 1 saturated carbocycles. The van der Waals surface area contributed by atoms with E-state index in [1.165, 1.54) is 0 Å². The Bertz CT molecular complexity index is 285. The summed E-state index contributed by atoms with van der Waals surface area (Å²) in [5.41, 5.74) is -0.736. The molecule has 4 nitrogen and oxygen atoms in total. The number of hydrogen-bond acceptors (Lipinski definition) is 4. The van der Waals surface area contributed by atoms with Crippen LogP contribution in [0.15, 0.2) is 0 Å². The lowest BCUT2D eigenvalue weighted by Gasteiger charge is -2.40. The Morgan fingerprint density at radius 2 is 2.11 bits per heavy atom. The van der Waals surface area contributed by atoms with E-state index >= 15 is 0 Å². The lowest BCUT2D eigenvalue weighted by atomic mass is 9.80. The summed E-state index contributed by atoms with van der Waals surface area (Å²) in [6.07, 6.45) is 3.64. The van der Waals surface area contributed by atoms with E-state index in [0.29, 0.717) is 13.0 Å². The topological polar surface area (TPSA) is 47.6 Å². The molecule has 0 radical (unpaired) electrons. The van der Waals surface area contributed by atoms with Gasteiger partial charge in [0.15, 0.2) is 0 Å². The lowest BCUT2D eigenvalue weighted by Crippen LogP contribution is -2.56. The molecule has 0 heterocycles. The van der Waals surface area contributed by atoms with Crippen molar-refractivity contribution >= 4 is 5.97 Å². The molecule has 4 heteroatoms. The largest absolute Gasteiger partial charge is 0.465 e. The summed E-state index contributed by atoms with van der Waals surface area (Å²) in [4.78, 5) is 12.1. The molecule has 0 spiro atoms. The highest BCUT2D eigenvalue weighted by Crippen LogP contribution is 2.33. The van der Waals surface area contributed by atoms with Gasteiger partial charge in [0.1, 0.15) is 5.54 Å². The summed E-state index contributed by atoms with van der Waals surface area (Å²) >= 11 is 0. The molecule has 18 heavy (non-hydrogen) atoms. The molecular weight excluding hydrogens is 230 g/mol. The Morgan fingerprint density at radius 3 is 2.61 bits per heavy atom. The van der Waals surface area contributed by atoms with Crippen molar-refractivity contribution in [3.63, 3.8) is 0 Å². The maximum atomic E-state index is 12.1. The Labute approximate surface area is 110 Å². The molecule has 0 saturated heterocycles. The van der Waals surface area contributed by atoms with Crippen LogP contribution < -0.4 is 5.32 Å². The molecule has 1 fully saturated rings. The number of rotatable bonds is 4. The maximum Gasteiger partial charge on any atom is 0.326 e. The maximum absolute atomic E-state index is 12.1. The molecule has 2 atom stereocenters. The van der Waals surface area contributed by atoms with Crippen LogP contribution >= 0.6 is 0 Å². The average Bonchev–Trinajstić information content (AvgIpc) is 2.27. The SMILES string of the molecule is CCOC(=O)C1(NC)CCCC(OC(C)(C)C)C1. The van der Waals surface area contributed by atoms with Crippen molar-refractivity contribution in [3.8, 4) is 0 Å². The number of esters is 1. The van der Waals surface area contributed by atoms with E-state index in [9.17, 15) is 4.79 Å². The molecule has 1 aliphatic carbocycles. The average molecular weight is 257 g/mol. The van der Waals surface area contributed by atoms with E-state index in [1.807, 2.05) is 34.7 Å². The van der Waals surface area contributed by atoms with Crippen LogP contribution in [0.1, 0.15) is 53.4 Å². The lowest BCUT2D eigenvalue weighted by molar-refractivity contribution is -0.158. The van der Waals surface area contributed by atoms with E-state index in [4.69, 9.17) is 9.47 Å². The van der Waals surface area contributed by atoms with E-state index in [2.05, 4.69) is 5.32 Å². The third kappa shape index (κ3) is 3.95. The summed E-state index contributed by atoms with van der Waals surface area (Å²) in [6, 6.07) is 0. The molecule has 0 aromatic heterocycles. The van der Waals surface area contributed by atoms with E-state index < -0.39 is 5.54 Å². The van der Waals surface area contributed by atoms with E-state index in [0.717, 1.165) is 19.3 Å².